The van der Waals surface area contributed by atoms with Crippen LogP contribution < -0.4 is 5.32 Å². The highest BCUT2D eigenvalue weighted by atomic mass is 14.8. The van der Waals surface area contributed by atoms with E-state index in [9.17, 15) is 0 Å². The molecule has 0 unspecified atom stereocenters. The van der Waals surface area contributed by atoms with Crippen LogP contribution in [0.2, 0.25) is 0 Å². The van der Waals surface area contributed by atoms with Gasteiger partial charge in [0.25, 0.3) is 0 Å². The molecule has 0 atom stereocenters. The molecule has 3 rings (SSSR count). The van der Waals surface area contributed by atoms with Crippen LogP contribution in [0.1, 0.15) is 5.56 Å². The van der Waals surface area contributed by atoms with E-state index in [2.05, 4.69) is 78.6 Å². The van der Waals surface area contributed by atoms with Crippen LogP contribution in [-0.2, 0) is 0 Å². The molecule has 0 radical (unpaired) electrons. The first-order chi connectivity index (χ1) is 11.8. The Labute approximate surface area is 143 Å². The fourth-order valence-corrected chi connectivity index (χ4v) is 2.85. The van der Waals surface area contributed by atoms with Crippen LogP contribution >= 0.6 is 0 Å². The summed E-state index contributed by atoms with van der Waals surface area (Å²) < 4.78 is 0. The lowest BCUT2D eigenvalue weighted by Crippen LogP contribution is -1.89. The molecule has 0 aromatic heterocycles. The van der Waals surface area contributed by atoms with E-state index in [0.717, 1.165) is 5.57 Å². The maximum absolute atomic E-state index is 3.89. The Morgan fingerprint density at radius 3 is 2.42 bits per heavy atom. The van der Waals surface area contributed by atoms with Crippen molar-refractivity contribution < 1.29 is 0 Å². The van der Waals surface area contributed by atoms with Crippen LogP contribution in [-0.4, -0.2) is 7.05 Å². The lowest BCUT2D eigenvalue weighted by molar-refractivity contribution is 1.10. The molecule has 1 nitrogen and oxygen atoms in total. The topological polar surface area (TPSA) is 12.0 Å². The lowest BCUT2D eigenvalue weighted by Gasteiger charge is -2.07. The van der Waals surface area contributed by atoms with Crippen molar-refractivity contribution in [2.45, 2.75) is 0 Å². The molecule has 3 aromatic carbocycles. The molecule has 0 heterocycles. The van der Waals surface area contributed by atoms with Crippen molar-refractivity contribution in [2.24, 2.45) is 0 Å². The van der Waals surface area contributed by atoms with Crippen molar-refractivity contribution in [3.05, 3.63) is 103 Å². The van der Waals surface area contributed by atoms with Crippen LogP contribution in [0.5, 0.6) is 0 Å². The third-order valence-corrected chi connectivity index (χ3v) is 4.04. The minimum atomic E-state index is 1.07. The smallest absolute Gasteiger partial charge is 0.00277 e. The van der Waals surface area contributed by atoms with E-state index in [-0.39, 0.29) is 0 Å². The van der Waals surface area contributed by atoms with Crippen molar-refractivity contribution in [1.29, 1.82) is 0 Å². The molecule has 1 heteroatoms. The fourth-order valence-electron chi connectivity index (χ4n) is 2.85. The Morgan fingerprint density at radius 2 is 1.67 bits per heavy atom. The van der Waals surface area contributed by atoms with Gasteiger partial charge in [0.05, 0.1) is 0 Å². The van der Waals surface area contributed by atoms with Crippen LogP contribution in [0.4, 0.5) is 0 Å². The van der Waals surface area contributed by atoms with Crippen molar-refractivity contribution in [3.8, 4) is 0 Å². The van der Waals surface area contributed by atoms with Gasteiger partial charge < -0.3 is 5.32 Å². The normalized spacial score (nSPS) is 12.5. The molecule has 0 spiro atoms. The zero-order valence-electron chi connectivity index (χ0n) is 13.9. The quantitative estimate of drug-likeness (QED) is 0.460. The molecule has 3 aromatic rings. The Hall–Kier alpha value is -3.06. The lowest BCUT2D eigenvalue weighted by atomic mass is 9.96. The maximum Gasteiger partial charge on any atom is 0.00277 e. The summed E-state index contributed by atoms with van der Waals surface area (Å²) in [6.45, 7) is 3.89. The zero-order valence-corrected chi connectivity index (χ0v) is 13.9. The zero-order chi connectivity index (χ0) is 16.8. The summed E-state index contributed by atoms with van der Waals surface area (Å²) in [4.78, 5) is 0. The van der Waals surface area contributed by atoms with E-state index >= 15 is 0 Å². The van der Waals surface area contributed by atoms with E-state index < -0.39 is 0 Å². The number of allylic oxidation sites excluding steroid dienone is 5. The van der Waals surface area contributed by atoms with Gasteiger partial charge in [0.1, 0.15) is 0 Å². The van der Waals surface area contributed by atoms with Gasteiger partial charge in [0.2, 0.25) is 0 Å². The SMILES string of the molecule is C=CC(/C=C/c1cc2ccccc2c2ccccc12)=C\C=C/NC. The predicted molar refractivity (Wildman–Crippen MR) is 107 cm³/mol. The summed E-state index contributed by atoms with van der Waals surface area (Å²) in [5.41, 5.74) is 2.29. The number of benzene rings is 3. The van der Waals surface area contributed by atoms with Crippen LogP contribution in [0.15, 0.2) is 97.3 Å². The van der Waals surface area contributed by atoms with Gasteiger partial charge in [-0.2, -0.15) is 0 Å². The molecule has 0 aliphatic carbocycles. The second kappa shape index (κ2) is 7.47. The number of nitrogens with one attached hydrogen (secondary N) is 1. The van der Waals surface area contributed by atoms with Crippen LogP contribution in [0.25, 0.3) is 27.6 Å². The molecule has 118 valence electrons. The summed E-state index contributed by atoms with van der Waals surface area (Å²) in [6.07, 6.45) is 12.0. The summed E-state index contributed by atoms with van der Waals surface area (Å²) in [7, 11) is 1.88. The van der Waals surface area contributed by atoms with Gasteiger partial charge >= 0.3 is 0 Å². The van der Waals surface area contributed by atoms with Gasteiger partial charge in [-0.05, 0) is 51.0 Å². The van der Waals surface area contributed by atoms with E-state index in [0.29, 0.717) is 0 Å². The van der Waals surface area contributed by atoms with Gasteiger partial charge in [-0.1, -0.05) is 79.4 Å². The van der Waals surface area contributed by atoms with Gasteiger partial charge in [0.15, 0.2) is 0 Å². The van der Waals surface area contributed by atoms with E-state index in [1.807, 2.05) is 31.5 Å². The van der Waals surface area contributed by atoms with Gasteiger partial charge in [-0.25, -0.2) is 0 Å². The highest BCUT2D eigenvalue weighted by molar-refractivity contribution is 6.10. The number of fused-ring (bicyclic) bond motifs is 3. The molecular weight excluding hydrogens is 290 g/mol. The third kappa shape index (κ3) is 3.31. The van der Waals surface area contributed by atoms with Crippen molar-refractivity contribution in [1.82, 2.24) is 5.32 Å². The molecule has 0 amide bonds. The van der Waals surface area contributed by atoms with E-state index in [1.54, 1.807) is 0 Å². The third-order valence-electron chi connectivity index (χ3n) is 4.04. The Balaban J connectivity index is 2.11. The molecule has 24 heavy (non-hydrogen) atoms. The molecule has 0 saturated carbocycles. The minimum Gasteiger partial charge on any atom is -0.394 e. The van der Waals surface area contributed by atoms with Gasteiger partial charge in [0, 0.05) is 7.05 Å². The van der Waals surface area contributed by atoms with Gasteiger partial charge in [-0.3, -0.25) is 0 Å². The minimum absolute atomic E-state index is 1.07. The highest BCUT2D eigenvalue weighted by Gasteiger charge is 2.03. The monoisotopic (exact) mass is 311 g/mol. The Bertz CT molecular complexity index is 958. The van der Waals surface area contributed by atoms with E-state index in [4.69, 9.17) is 0 Å². The summed E-state index contributed by atoms with van der Waals surface area (Å²) in [5.74, 6) is 0. The second-order valence-corrected chi connectivity index (χ2v) is 5.58. The molecule has 0 aliphatic heterocycles. The summed E-state index contributed by atoms with van der Waals surface area (Å²) in [5, 5.41) is 8.09. The fraction of sp³-hybridized carbons (Fsp3) is 0.0435. The number of hydrogen-bond acceptors (Lipinski definition) is 1. The molecule has 0 bridgehead atoms. The van der Waals surface area contributed by atoms with Crippen molar-refractivity contribution >= 4 is 27.6 Å². The van der Waals surface area contributed by atoms with Gasteiger partial charge in [-0.15, -0.1) is 0 Å². The summed E-state index contributed by atoms with van der Waals surface area (Å²) >= 11 is 0. The first-order valence-electron chi connectivity index (χ1n) is 8.08. The highest BCUT2D eigenvalue weighted by Crippen LogP contribution is 2.29. The van der Waals surface area contributed by atoms with E-state index in [1.165, 1.54) is 27.1 Å². The van der Waals surface area contributed by atoms with Crippen molar-refractivity contribution in [3.63, 3.8) is 0 Å². The Morgan fingerprint density at radius 1 is 0.958 bits per heavy atom. The van der Waals surface area contributed by atoms with Crippen LogP contribution in [0.3, 0.4) is 0 Å². The molecule has 0 saturated heterocycles. The molecular formula is C23H21N. The predicted octanol–water partition coefficient (Wildman–Crippen LogP) is 5.85. The van der Waals surface area contributed by atoms with Crippen molar-refractivity contribution in [2.75, 3.05) is 7.05 Å². The first-order valence-corrected chi connectivity index (χ1v) is 8.08. The number of rotatable bonds is 5. The second-order valence-electron chi connectivity index (χ2n) is 5.58. The molecule has 0 aliphatic rings. The van der Waals surface area contributed by atoms with Crippen LogP contribution in [0, 0.1) is 0 Å². The standard InChI is InChI=1S/C23H21N/c1-3-18(9-8-16-24-2)14-15-20-17-19-10-4-5-11-21(19)23-13-7-6-12-22(20)23/h3-17,24H,1H2,2H3/b15-14+,16-8-,18-9+. The number of hydrogen-bond donors (Lipinski definition) is 1. The summed E-state index contributed by atoms with van der Waals surface area (Å²) in [6, 6.07) is 19.3. The average Bonchev–Trinajstić information content (AvgIpc) is 2.64. The average molecular weight is 311 g/mol. The molecule has 0 fully saturated rings. The maximum atomic E-state index is 3.89. The first kappa shape index (κ1) is 15.8. The molecule has 1 N–H and O–H groups in total. The Kier molecular flexibility index (Phi) is 4.93. The largest absolute Gasteiger partial charge is 0.394 e.